The first kappa shape index (κ1) is 18.5. The molecule has 0 unspecified atom stereocenters. The molecule has 1 atom stereocenters. The number of aryl methyl sites for hydroxylation is 1. The van der Waals surface area contributed by atoms with Crippen LogP contribution in [0.25, 0.3) is 0 Å². The Kier molecular flexibility index (Phi) is 6.01. The zero-order valence-electron chi connectivity index (χ0n) is 15.6. The van der Waals surface area contributed by atoms with Gasteiger partial charge in [-0.05, 0) is 55.1 Å². The van der Waals surface area contributed by atoms with E-state index < -0.39 is 12.0 Å². The molecule has 1 aliphatic heterocycles. The van der Waals surface area contributed by atoms with Crippen molar-refractivity contribution < 1.29 is 9.90 Å². The number of carboxylic acids is 1. The molecule has 1 aromatic heterocycles. The van der Waals surface area contributed by atoms with Crippen LogP contribution in [0.2, 0.25) is 0 Å². The number of rotatable bonds is 5. The number of pyridine rings is 1. The molecule has 5 heteroatoms. The predicted molar refractivity (Wildman–Crippen MR) is 102 cm³/mol. The molecule has 1 aliphatic rings. The highest BCUT2D eigenvalue weighted by Gasteiger charge is 2.30. The summed E-state index contributed by atoms with van der Waals surface area (Å²) in [5.41, 5.74) is 4.33. The summed E-state index contributed by atoms with van der Waals surface area (Å²) in [7, 11) is 0. The Morgan fingerprint density at radius 3 is 2.73 bits per heavy atom. The quantitative estimate of drug-likeness (QED) is 0.895. The van der Waals surface area contributed by atoms with Gasteiger partial charge in [-0.1, -0.05) is 24.3 Å². The summed E-state index contributed by atoms with van der Waals surface area (Å²) in [5, 5.41) is 9.92. The maximum atomic E-state index is 12.1. The van der Waals surface area contributed by atoms with Crippen LogP contribution in [0.1, 0.15) is 34.7 Å². The van der Waals surface area contributed by atoms with Gasteiger partial charge in [0, 0.05) is 38.6 Å². The van der Waals surface area contributed by atoms with Gasteiger partial charge in [0.2, 0.25) is 0 Å². The van der Waals surface area contributed by atoms with Crippen LogP contribution < -0.4 is 0 Å². The van der Waals surface area contributed by atoms with Crippen molar-refractivity contribution >= 4 is 5.97 Å². The number of nitrogens with zero attached hydrogens (tertiary/aromatic N) is 3. The molecule has 0 spiro atoms. The fourth-order valence-corrected chi connectivity index (χ4v) is 3.71. The fraction of sp³-hybridized carbons (Fsp3) is 0.429. The topological polar surface area (TPSA) is 56.7 Å². The lowest BCUT2D eigenvalue weighted by Gasteiger charge is -2.29. The first-order chi connectivity index (χ1) is 12.6. The minimum atomic E-state index is -0.764. The largest absolute Gasteiger partial charge is 0.480 e. The number of hydrogen-bond donors (Lipinski definition) is 1. The van der Waals surface area contributed by atoms with Crippen molar-refractivity contribution in [1.82, 2.24) is 14.8 Å². The molecular weight excluding hydrogens is 326 g/mol. The van der Waals surface area contributed by atoms with Crippen molar-refractivity contribution in [3.8, 4) is 0 Å². The van der Waals surface area contributed by atoms with Crippen molar-refractivity contribution in [2.24, 2.45) is 0 Å². The van der Waals surface area contributed by atoms with E-state index in [0.717, 1.165) is 55.8 Å². The number of aliphatic carboxylic acids is 1. The molecule has 3 rings (SSSR count). The third-order valence-corrected chi connectivity index (χ3v) is 5.29. The molecule has 1 saturated heterocycles. The standard InChI is InChI=1S/C21H27N3O2/c1-16-6-3-8-19(17(16)2)20(21(25)26)24-11-5-10-23(12-13-24)15-18-7-4-9-22-14-18/h3-4,6-9,14,20H,5,10-13,15H2,1-2H3,(H,25,26)/t20-/m0/s1. The normalized spacial score (nSPS) is 17.6. The molecule has 0 amide bonds. The van der Waals surface area contributed by atoms with Gasteiger partial charge >= 0.3 is 5.97 Å². The molecule has 0 radical (unpaired) electrons. The Morgan fingerprint density at radius 1 is 1.15 bits per heavy atom. The third-order valence-electron chi connectivity index (χ3n) is 5.29. The average molecular weight is 353 g/mol. The number of benzene rings is 1. The summed E-state index contributed by atoms with van der Waals surface area (Å²) in [4.78, 5) is 20.8. The van der Waals surface area contributed by atoms with Crippen LogP contribution in [-0.2, 0) is 11.3 Å². The lowest BCUT2D eigenvalue weighted by atomic mass is 9.96. The number of aromatic nitrogens is 1. The van der Waals surface area contributed by atoms with E-state index in [1.807, 2.05) is 44.3 Å². The van der Waals surface area contributed by atoms with Crippen LogP contribution in [0.15, 0.2) is 42.7 Å². The SMILES string of the molecule is Cc1cccc([C@@H](C(=O)O)N2CCCN(Cc3cccnc3)CC2)c1C. The van der Waals surface area contributed by atoms with Gasteiger partial charge < -0.3 is 5.11 Å². The van der Waals surface area contributed by atoms with Crippen LogP contribution in [0, 0.1) is 13.8 Å². The van der Waals surface area contributed by atoms with Gasteiger partial charge in [0.25, 0.3) is 0 Å². The molecule has 138 valence electrons. The molecular formula is C21H27N3O2. The first-order valence-electron chi connectivity index (χ1n) is 9.20. The second-order valence-electron chi connectivity index (χ2n) is 7.06. The van der Waals surface area contributed by atoms with Crippen molar-refractivity contribution in [3.63, 3.8) is 0 Å². The van der Waals surface area contributed by atoms with Gasteiger partial charge in [-0.2, -0.15) is 0 Å². The van der Waals surface area contributed by atoms with Crippen molar-refractivity contribution in [2.75, 3.05) is 26.2 Å². The predicted octanol–water partition coefficient (Wildman–Crippen LogP) is 3.03. The average Bonchev–Trinajstić information content (AvgIpc) is 2.85. The Balaban J connectivity index is 1.73. The number of carboxylic acid groups (broad SMARTS) is 1. The maximum Gasteiger partial charge on any atom is 0.325 e. The fourth-order valence-electron chi connectivity index (χ4n) is 3.71. The summed E-state index contributed by atoms with van der Waals surface area (Å²) < 4.78 is 0. The molecule has 2 aromatic rings. The van der Waals surface area contributed by atoms with Gasteiger partial charge in [-0.3, -0.25) is 19.6 Å². The van der Waals surface area contributed by atoms with E-state index in [1.54, 1.807) is 6.20 Å². The van der Waals surface area contributed by atoms with Gasteiger partial charge in [0.05, 0.1) is 0 Å². The van der Waals surface area contributed by atoms with E-state index in [0.29, 0.717) is 0 Å². The van der Waals surface area contributed by atoms with E-state index in [2.05, 4.69) is 20.9 Å². The molecule has 1 aromatic carbocycles. The summed E-state index contributed by atoms with van der Waals surface area (Å²) in [6.45, 7) is 8.32. The number of carbonyl (C=O) groups is 1. The van der Waals surface area contributed by atoms with Gasteiger partial charge in [-0.25, -0.2) is 0 Å². The van der Waals surface area contributed by atoms with Crippen molar-refractivity contribution in [2.45, 2.75) is 32.9 Å². The minimum absolute atomic E-state index is 0.576. The van der Waals surface area contributed by atoms with E-state index in [9.17, 15) is 9.90 Å². The molecule has 0 saturated carbocycles. The van der Waals surface area contributed by atoms with Crippen LogP contribution in [-0.4, -0.2) is 52.0 Å². The van der Waals surface area contributed by atoms with Gasteiger partial charge in [0.1, 0.15) is 6.04 Å². The lowest BCUT2D eigenvalue weighted by molar-refractivity contribution is -0.143. The summed E-state index contributed by atoms with van der Waals surface area (Å²) in [5.74, 6) is -0.764. The molecule has 26 heavy (non-hydrogen) atoms. The lowest BCUT2D eigenvalue weighted by Crippen LogP contribution is -2.37. The second-order valence-corrected chi connectivity index (χ2v) is 7.06. The Labute approximate surface area is 155 Å². The van der Waals surface area contributed by atoms with Crippen LogP contribution >= 0.6 is 0 Å². The Bertz CT molecular complexity index is 748. The first-order valence-corrected chi connectivity index (χ1v) is 9.20. The zero-order chi connectivity index (χ0) is 18.5. The smallest absolute Gasteiger partial charge is 0.325 e. The van der Waals surface area contributed by atoms with E-state index in [-0.39, 0.29) is 0 Å². The molecule has 5 nitrogen and oxygen atoms in total. The van der Waals surface area contributed by atoms with Crippen molar-refractivity contribution in [1.29, 1.82) is 0 Å². The summed E-state index contributed by atoms with van der Waals surface area (Å²) >= 11 is 0. The molecule has 1 N–H and O–H groups in total. The van der Waals surface area contributed by atoms with Crippen LogP contribution in [0.3, 0.4) is 0 Å². The zero-order valence-corrected chi connectivity index (χ0v) is 15.6. The van der Waals surface area contributed by atoms with E-state index in [1.165, 1.54) is 5.56 Å². The number of hydrogen-bond acceptors (Lipinski definition) is 4. The van der Waals surface area contributed by atoms with Crippen LogP contribution in [0.4, 0.5) is 0 Å². The third kappa shape index (κ3) is 4.29. The molecule has 0 aliphatic carbocycles. The highest BCUT2D eigenvalue weighted by Crippen LogP contribution is 2.27. The monoisotopic (exact) mass is 353 g/mol. The molecule has 2 heterocycles. The second kappa shape index (κ2) is 8.43. The Morgan fingerprint density at radius 2 is 2.00 bits per heavy atom. The van der Waals surface area contributed by atoms with E-state index >= 15 is 0 Å². The molecule has 0 bridgehead atoms. The molecule has 1 fully saturated rings. The summed E-state index contributed by atoms with van der Waals surface area (Å²) in [6, 6.07) is 9.43. The van der Waals surface area contributed by atoms with E-state index in [4.69, 9.17) is 0 Å². The minimum Gasteiger partial charge on any atom is -0.480 e. The maximum absolute atomic E-state index is 12.1. The summed E-state index contributed by atoms with van der Waals surface area (Å²) in [6.07, 6.45) is 4.66. The van der Waals surface area contributed by atoms with Gasteiger partial charge in [-0.15, -0.1) is 0 Å². The van der Waals surface area contributed by atoms with Gasteiger partial charge in [0.15, 0.2) is 0 Å². The van der Waals surface area contributed by atoms with Crippen LogP contribution in [0.5, 0.6) is 0 Å². The Hall–Kier alpha value is -2.24. The highest BCUT2D eigenvalue weighted by atomic mass is 16.4. The van der Waals surface area contributed by atoms with Crippen molar-refractivity contribution in [3.05, 3.63) is 65.0 Å². The highest BCUT2D eigenvalue weighted by molar-refractivity contribution is 5.76.